The van der Waals surface area contributed by atoms with Gasteiger partial charge in [0, 0.05) is 17.6 Å². The molecule has 7 nitrogen and oxygen atoms in total. The first kappa shape index (κ1) is 17.4. The number of para-hydroxylation sites is 1. The first-order valence-electron chi connectivity index (χ1n) is 9.13. The Hall–Kier alpha value is -3.06. The summed E-state index contributed by atoms with van der Waals surface area (Å²) in [6.45, 7) is 0. The second-order valence-electron chi connectivity index (χ2n) is 6.99. The van der Waals surface area contributed by atoms with Crippen molar-refractivity contribution in [3.05, 3.63) is 58.5 Å². The Morgan fingerprint density at radius 2 is 1.85 bits per heavy atom. The highest BCUT2D eigenvalue weighted by atomic mass is 16.2. The van der Waals surface area contributed by atoms with Gasteiger partial charge < -0.3 is 16.0 Å². The van der Waals surface area contributed by atoms with Crippen LogP contribution in [0.5, 0.6) is 0 Å². The second kappa shape index (κ2) is 7.28. The van der Waals surface area contributed by atoms with Gasteiger partial charge in [-0.3, -0.25) is 9.59 Å². The fourth-order valence-electron chi connectivity index (χ4n) is 3.46. The summed E-state index contributed by atoms with van der Waals surface area (Å²) in [5, 5.41) is 12.0. The molecule has 27 heavy (non-hydrogen) atoms. The Morgan fingerprint density at radius 1 is 1.07 bits per heavy atom. The second-order valence-corrected chi connectivity index (χ2v) is 6.99. The lowest BCUT2D eigenvalue weighted by Crippen LogP contribution is -2.40. The van der Waals surface area contributed by atoms with Crippen molar-refractivity contribution in [2.24, 2.45) is 5.73 Å². The van der Waals surface area contributed by atoms with Crippen LogP contribution in [-0.2, 0) is 0 Å². The lowest BCUT2D eigenvalue weighted by molar-refractivity contribution is 0.0920. The molecule has 7 heteroatoms. The molecule has 138 valence electrons. The number of hydrogen-bond donors (Lipinski definition) is 3. The molecule has 1 aliphatic rings. The molecule has 4 rings (SSSR count). The van der Waals surface area contributed by atoms with Gasteiger partial charge in [-0.25, -0.2) is 0 Å². The molecule has 0 unspecified atom stereocenters. The predicted octanol–water partition coefficient (Wildman–Crippen LogP) is 1.98. The monoisotopic (exact) mass is 363 g/mol. The van der Waals surface area contributed by atoms with E-state index in [0.29, 0.717) is 11.3 Å². The van der Waals surface area contributed by atoms with Crippen LogP contribution >= 0.6 is 0 Å². The third-order valence-electron chi connectivity index (χ3n) is 5.03. The van der Waals surface area contributed by atoms with E-state index in [1.165, 1.54) is 0 Å². The number of carbonyl (C=O) groups is 1. The van der Waals surface area contributed by atoms with Gasteiger partial charge in [-0.05, 0) is 55.3 Å². The molecule has 4 N–H and O–H groups in total. The maximum atomic E-state index is 12.4. The number of nitrogens with two attached hydrogens (primary N) is 1. The molecule has 1 aromatic carbocycles. The van der Waals surface area contributed by atoms with E-state index in [9.17, 15) is 9.59 Å². The van der Waals surface area contributed by atoms with E-state index in [1.807, 2.05) is 24.3 Å². The number of pyridine rings is 1. The topological polar surface area (TPSA) is 114 Å². The summed E-state index contributed by atoms with van der Waals surface area (Å²) in [6, 6.07) is 12.9. The quantitative estimate of drug-likeness (QED) is 0.658. The molecule has 1 amide bonds. The van der Waals surface area contributed by atoms with E-state index < -0.39 is 0 Å². The van der Waals surface area contributed by atoms with Gasteiger partial charge in [-0.2, -0.15) is 0 Å². The van der Waals surface area contributed by atoms with Crippen LogP contribution in [0, 0.1) is 0 Å². The van der Waals surface area contributed by atoms with Crippen molar-refractivity contribution in [1.29, 1.82) is 0 Å². The van der Waals surface area contributed by atoms with Gasteiger partial charge in [0.1, 0.15) is 0 Å². The Bertz CT molecular complexity index is 1020. The van der Waals surface area contributed by atoms with E-state index in [1.54, 1.807) is 18.2 Å². The molecule has 0 spiro atoms. The minimum atomic E-state index is -0.248. The molecule has 0 saturated heterocycles. The van der Waals surface area contributed by atoms with Crippen molar-refractivity contribution in [2.75, 3.05) is 0 Å². The van der Waals surface area contributed by atoms with Gasteiger partial charge in [-0.1, -0.05) is 18.2 Å². The standard InChI is InChI=1S/C20H21N5O2/c21-13-5-7-14(8-6-13)22-20(27)18-10-9-17(24-25-18)15-11-12-3-1-2-4-16(12)23-19(15)26/h1-4,9-11,13-14H,5-8,21H2,(H,22,27)(H,23,26). The third kappa shape index (κ3) is 3.73. The molecule has 0 radical (unpaired) electrons. The summed E-state index contributed by atoms with van der Waals surface area (Å²) in [5.74, 6) is -0.248. The molecule has 0 aliphatic heterocycles. The number of benzene rings is 1. The number of rotatable bonds is 3. The summed E-state index contributed by atoms with van der Waals surface area (Å²) in [5.41, 5.74) is 7.52. The highest BCUT2D eigenvalue weighted by molar-refractivity contribution is 5.92. The van der Waals surface area contributed by atoms with Gasteiger partial charge in [0.15, 0.2) is 5.69 Å². The summed E-state index contributed by atoms with van der Waals surface area (Å²) < 4.78 is 0. The lowest BCUT2D eigenvalue weighted by Gasteiger charge is -2.26. The van der Waals surface area contributed by atoms with Gasteiger partial charge in [0.05, 0.1) is 11.3 Å². The van der Waals surface area contributed by atoms with Crippen LogP contribution in [0.4, 0.5) is 0 Å². The highest BCUT2D eigenvalue weighted by Gasteiger charge is 2.21. The maximum Gasteiger partial charge on any atom is 0.272 e. The Morgan fingerprint density at radius 3 is 2.59 bits per heavy atom. The molecule has 0 bridgehead atoms. The van der Waals surface area contributed by atoms with Crippen LogP contribution in [-0.4, -0.2) is 33.2 Å². The lowest BCUT2D eigenvalue weighted by atomic mass is 9.92. The highest BCUT2D eigenvalue weighted by Crippen LogP contribution is 2.19. The van der Waals surface area contributed by atoms with E-state index in [2.05, 4.69) is 20.5 Å². The van der Waals surface area contributed by atoms with E-state index in [4.69, 9.17) is 5.73 Å². The van der Waals surface area contributed by atoms with E-state index >= 15 is 0 Å². The maximum absolute atomic E-state index is 12.4. The smallest absolute Gasteiger partial charge is 0.272 e. The van der Waals surface area contributed by atoms with E-state index in [-0.39, 0.29) is 29.2 Å². The number of hydrogen-bond acceptors (Lipinski definition) is 5. The number of H-pyrrole nitrogens is 1. The van der Waals surface area contributed by atoms with Crippen LogP contribution in [0.25, 0.3) is 22.2 Å². The molecule has 1 aliphatic carbocycles. The number of aromatic amines is 1. The summed E-state index contributed by atoms with van der Waals surface area (Å²) >= 11 is 0. The Balaban J connectivity index is 1.53. The van der Waals surface area contributed by atoms with Gasteiger partial charge in [0.2, 0.25) is 0 Å². The fourth-order valence-corrected chi connectivity index (χ4v) is 3.46. The molecule has 2 aromatic heterocycles. The van der Waals surface area contributed by atoms with Gasteiger partial charge in [0.25, 0.3) is 11.5 Å². The third-order valence-corrected chi connectivity index (χ3v) is 5.03. The van der Waals surface area contributed by atoms with E-state index in [0.717, 1.165) is 36.6 Å². The first-order valence-corrected chi connectivity index (χ1v) is 9.13. The molecular formula is C20H21N5O2. The van der Waals surface area contributed by atoms with Crippen LogP contribution in [0.15, 0.2) is 47.3 Å². The molecule has 1 fully saturated rings. The first-order chi connectivity index (χ1) is 13.1. The minimum Gasteiger partial charge on any atom is -0.348 e. The molecule has 3 aromatic rings. The number of amides is 1. The van der Waals surface area contributed by atoms with Crippen LogP contribution in [0.2, 0.25) is 0 Å². The number of nitrogens with zero attached hydrogens (tertiary/aromatic N) is 2. The molecule has 1 saturated carbocycles. The van der Waals surface area contributed by atoms with Crippen molar-refractivity contribution < 1.29 is 4.79 Å². The number of fused-ring (bicyclic) bond motifs is 1. The summed E-state index contributed by atoms with van der Waals surface area (Å²) in [6.07, 6.45) is 3.59. The zero-order chi connectivity index (χ0) is 18.8. The zero-order valence-electron chi connectivity index (χ0n) is 14.8. The number of nitrogens with one attached hydrogen (secondary N) is 2. The fraction of sp³-hybridized carbons (Fsp3) is 0.300. The van der Waals surface area contributed by atoms with Crippen molar-refractivity contribution in [1.82, 2.24) is 20.5 Å². The Labute approximate surface area is 156 Å². The molecule has 0 atom stereocenters. The van der Waals surface area contributed by atoms with Gasteiger partial charge >= 0.3 is 0 Å². The van der Waals surface area contributed by atoms with Crippen LogP contribution in [0.3, 0.4) is 0 Å². The average Bonchev–Trinajstić information content (AvgIpc) is 2.69. The Kier molecular flexibility index (Phi) is 4.68. The number of carbonyl (C=O) groups excluding carboxylic acids is 1. The van der Waals surface area contributed by atoms with Crippen molar-refractivity contribution >= 4 is 16.8 Å². The largest absolute Gasteiger partial charge is 0.348 e. The van der Waals surface area contributed by atoms with Crippen molar-refractivity contribution in [3.8, 4) is 11.3 Å². The molecular weight excluding hydrogens is 342 g/mol. The predicted molar refractivity (Wildman–Crippen MR) is 103 cm³/mol. The van der Waals surface area contributed by atoms with Crippen LogP contribution in [0.1, 0.15) is 36.2 Å². The average molecular weight is 363 g/mol. The van der Waals surface area contributed by atoms with Gasteiger partial charge in [-0.15, -0.1) is 10.2 Å². The number of aromatic nitrogens is 3. The molecule has 2 heterocycles. The SMILES string of the molecule is NC1CCC(NC(=O)c2ccc(-c3cc4ccccc4[nH]c3=O)nn2)CC1. The summed E-state index contributed by atoms with van der Waals surface area (Å²) in [4.78, 5) is 27.5. The minimum absolute atomic E-state index is 0.127. The summed E-state index contributed by atoms with van der Waals surface area (Å²) in [7, 11) is 0. The van der Waals surface area contributed by atoms with Crippen molar-refractivity contribution in [3.63, 3.8) is 0 Å². The van der Waals surface area contributed by atoms with Crippen molar-refractivity contribution in [2.45, 2.75) is 37.8 Å². The normalized spacial score (nSPS) is 19.7. The zero-order valence-corrected chi connectivity index (χ0v) is 14.8. The van der Waals surface area contributed by atoms with Crippen LogP contribution < -0.4 is 16.6 Å².